The van der Waals surface area contributed by atoms with Crippen LogP contribution in [0.2, 0.25) is 0 Å². The zero-order valence-electron chi connectivity index (χ0n) is 10.6. The summed E-state index contributed by atoms with van der Waals surface area (Å²) >= 11 is 0. The summed E-state index contributed by atoms with van der Waals surface area (Å²) in [6.45, 7) is 2.47. The topological polar surface area (TPSA) is 38.5 Å². The summed E-state index contributed by atoms with van der Waals surface area (Å²) in [7, 11) is 2.19. The molecule has 0 bridgehead atoms. The smallest absolute Gasteiger partial charge is 0.0485 e. The summed E-state index contributed by atoms with van der Waals surface area (Å²) in [5, 5.41) is 0. The fourth-order valence-corrected chi connectivity index (χ4v) is 2.49. The fraction of sp³-hybridized carbons (Fsp3) is 0.571. The first-order valence-electron chi connectivity index (χ1n) is 6.41. The van der Waals surface area contributed by atoms with Gasteiger partial charge in [-0.1, -0.05) is 18.2 Å². The number of rotatable bonds is 4. The summed E-state index contributed by atoms with van der Waals surface area (Å²) in [6, 6.07) is 9.17. The second-order valence-corrected chi connectivity index (χ2v) is 4.62. The van der Waals surface area contributed by atoms with E-state index in [2.05, 4.69) is 36.2 Å². The third kappa shape index (κ3) is 2.99. The first kappa shape index (κ1) is 12.4. The zero-order valence-corrected chi connectivity index (χ0v) is 10.6. The average Bonchev–Trinajstić information content (AvgIpc) is 2.40. The lowest BCUT2D eigenvalue weighted by Gasteiger charge is -2.34. The molecule has 1 aliphatic heterocycles. The van der Waals surface area contributed by atoms with Gasteiger partial charge in [-0.2, -0.15) is 0 Å². The van der Waals surface area contributed by atoms with E-state index >= 15 is 0 Å². The van der Waals surface area contributed by atoms with Gasteiger partial charge < -0.3 is 15.4 Å². The maximum atomic E-state index is 5.67. The molecule has 1 aliphatic rings. The molecule has 1 fully saturated rings. The predicted octanol–water partition coefficient (Wildman–Crippen LogP) is 1.80. The van der Waals surface area contributed by atoms with Crippen LogP contribution in [-0.4, -0.2) is 32.8 Å². The van der Waals surface area contributed by atoms with Crippen molar-refractivity contribution in [2.75, 3.05) is 31.7 Å². The van der Waals surface area contributed by atoms with Crippen LogP contribution in [0.3, 0.4) is 0 Å². The standard InChI is InChI=1S/C14H22N2O/c1-16(13-7-10-17-11-8-13)14-5-3-2-4-12(14)6-9-15/h2-5,13H,6-11,15H2,1H3. The molecular formula is C14H22N2O. The molecule has 0 unspecified atom stereocenters. The van der Waals surface area contributed by atoms with Gasteiger partial charge in [0.25, 0.3) is 0 Å². The van der Waals surface area contributed by atoms with Crippen LogP contribution in [0.1, 0.15) is 18.4 Å². The average molecular weight is 234 g/mol. The highest BCUT2D eigenvalue weighted by Gasteiger charge is 2.19. The summed E-state index contributed by atoms with van der Waals surface area (Å²) in [6.07, 6.45) is 3.19. The SMILES string of the molecule is CN(c1ccccc1CCN)C1CCOCC1. The van der Waals surface area contributed by atoms with Crippen molar-refractivity contribution in [2.45, 2.75) is 25.3 Å². The highest BCUT2D eigenvalue weighted by Crippen LogP contribution is 2.25. The van der Waals surface area contributed by atoms with E-state index in [1.807, 2.05) is 0 Å². The number of nitrogens with zero attached hydrogens (tertiary/aromatic N) is 1. The first-order valence-corrected chi connectivity index (χ1v) is 6.41. The van der Waals surface area contributed by atoms with Crippen molar-refractivity contribution >= 4 is 5.69 Å². The van der Waals surface area contributed by atoms with Gasteiger partial charge in [0.1, 0.15) is 0 Å². The molecule has 17 heavy (non-hydrogen) atoms. The fourth-order valence-electron chi connectivity index (χ4n) is 2.49. The van der Waals surface area contributed by atoms with Crippen molar-refractivity contribution in [2.24, 2.45) is 5.73 Å². The van der Waals surface area contributed by atoms with Crippen LogP contribution in [0.5, 0.6) is 0 Å². The molecule has 94 valence electrons. The van der Waals surface area contributed by atoms with E-state index in [-0.39, 0.29) is 0 Å². The maximum absolute atomic E-state index is 5.67. The summed E-state index contributed by atoms with van der Waals surface area (Å²) in [5.74, 6) is 0. The Balaban J connectivity index is 2.14. The minimum absolute atomic E-state index is 0.600. The summed E-state index contributed by atoms with van der Waals surface area (Å²) < 4.78 is 5.42. The Labute approximate surface area is 104 Å². The van der Waals surface area contributed by atoms with Crippen LogP contribution < -0.4 is 10.6 Å². The van der Waals surface area contributed by atoms with Gasteiger partial charge in [-0.3, -0.25) is 0 Å². The van der Waals surface area contributed by atoms with Gasteiger partial charge in [0.2, 0.25) is 0 Å². The molecule has 3 nitrogen and oxygen atoms in total. The lowest BCUT2D eigenvalue weighted by molar-refractivity contribution is 0.0854. The second-order valence-electron chi connectivity index (χ2n) is 4.62. The quantitative estimate of drug-likeness (QED) is 0.863. The van der Waals surface area contributed by atoms with E-state index in [1.54, 1.807) is 0 Å². The van der Waals surface area contributed by atoms with Crippen LogP contribution in [0.25, 0.3) is 0 Å². The minimum atomic E-state index is 0.600. The van der Waals surface area contributed by atoms with Gasteiger partial charge >= 0.3 is 0 Å². The highest BCUT2D eigenvalue weighted by atomic mass is 16.5. The summed E-state index contributed by atoms with van der Waals surface area (Å²) in [4.78, 5) is 2.40. The van der Waals surface area contributed by atoms with Crippen LogP contribution in [-0.2, 0) is 11.2 Å². The van der Waals surface area contributed by atoms with Crippen LogP contribution in [0.4, 0.5) is 5.69 Å². The van der Waals surface area contributed by atoms with E-state index in [1.165, 1.54) is 11.3 Å². The summed E-state index contributed by atoms with van der Waals surface area (Å²) in [5.41, 5.74) is 8.34. The van der Waals surface area contributed by atoms with E-state index < -0.39 is 0 Å². The Kier molecular flexibility index (Phi) is 4.40. The van der Waals surface area contributed by atoms with E-state index in [0.29, 0.717) is 12.6 Å². The van der Waals surface area contributed by atoms with Crippen molar-refractivity contribution in [1.29, 1.82) is 0 Å². The van der Waals surface area contributed by atoms with Crippen molar-refractivity contribution in [3.8, 4) is 0 Å². The molecule has 2 rings (SSSR count). The molecule has 0 radical (unpaired) electrons. The Morgan fingerprint density at radius 1 is 1.29 bits per heavy atom. The second kappa shape index (κ2) is 6.03. The Hall–Kier alpha value is -1.06. The normalized spacial score (nSPS) is 17.1. The van der Waals surface area contributed by atoms with Crippen LogP contribution in [0.15, 0.2) is 24.3 Å². The van der Waals surface area contributed by atoms with Crippen molar-refractivity contribution < 1.29 is 4.74 Å². The van der Waals surface area contributed by atoms with Crippen LogP contribution in [0, 0.1) is 0 Å². The minimum Gasteiger partial charge on any atom is -0.381 e. The van der Waals surface area contributed by atoms with Crippen molar-refractivity contribution in [1.82, 2.24) is 0 Å². The molecule has 2 N–H and O–H groups in total. The highest BCUT2D eigenvalue weighted by molar-refractivity contribution is 5.54. The maximum Gasteiger partial charge on any atom is 0.0485 e. The van der Waals surface area contributed by atoms with Gasteiger partial charge in [0.05, 0.1) is 0 Å². The molecule has 0 amide bonds. The third-order valence-electron chi connectivity index (χ3n) is 3.52. The van der Waals surface area contributed by atoms with Crippen LogP contribution >= 0.6 is 0 Å². The first-order chi connectivity index (χ1) is 8.33. The molecule has 0 saturated carbocycles. The molecule has 1 heterocycles. The van der Waals surface area contributed by atoms with E-state index in [4.69, 9.17) is 10.5 Å². The van der Waals surface area contributed by atoms with Crippen molar-refractivity contribution in [3.05, 3.63) is 29.8 Å². The third-order valence-corrected chi connectivity index (χ3v) is 3.52. The number of ether oxygens (including phenoxy) is 1. The number of hydrogen-bond donors (Lipinski definition) is 1. The predicted molar refractivity (Wildman–Crippen MR) is 71.4 cm³/mol. The number of anilines is 1. The Bertz CT molecular complexity index is 348. The van der Waals surface area contributed by atoms with Gasteiger partial charge in [-0.25, -0.2) is 0 Å². The van der Waals surface area contributed by atoms with E-state index in [0.717, 1.165) is 32.5 Å². The van der Waals surface area contributed by atoms with Crippen molar-refractivity contribution in [3.63, 3.8) is 0 Å². The number of benzene rings is 1. The van der Waals surface area contributed by atoms with E-state index in [9.17, 15) is 0 Å². The molecule has 1 aromatic carbocycles. The van der Waals surface area contributed by atoms with Gasteiger partial charge in [-0.05, 0) is 37.4 Å². The monoisotopic (exact) mass is 234 g/mol. The molecule has 0 spiro atoms. The lowest BCUT2D eigenvalue weighted by atomic mass is 10.0. The number of hydrogen-bond acceptors (Lipinski definition) is 3. The van der Waals surface area contributed by atoms with Gasteiger partial charge in [0.15, 0.2) is 0 Å². The molecule has 1 aromatic rings. The molecule has 1 saturated heterocycles. The number of para-hydroxylation sites is 1. The van der Waals surface area contributed by atoms with Gasteiger partial charge in [0, 0.05) is 32.0 Å². The van der Waals surface area contributed by atoms with Gasteiger partial charge in [-0.15, -0.1) is 0 Å². The Morgan fingerprint density at radius 2 is 2.00 bits per heavy atom. The molecular weight excluding hydrogens is 212 g/mol. The molecule has 0 aliphatic carbocycles. The zero-order chi connectivity index (χ0) is 12.1. The largest absolute Gasteiger partial charge is 0.381 e. The molecule has 0 atom stereocenters. The number of nitrogens with two attached hydrogens (primary N) is 1. The molecule has 0 aromatic heterocycles. The Morgan fingerprint density at radius 3 is 2.71 bits per heavy atom. The lowest BCUT2D eigenvalue weighted by Crippen LogP contribution is -2.37. The molecule has 3 heteroatoms.